The summed E-state index contributed by atoms with van der Waals surface area (Å²) in [5.74, 6) is -2.18. The molecule has 0 bridgehead atoms. The molecule has 4 rings (SSSR count). The van der Waals surface area contributed by atoms with Crippen LogP contribution >= 0.6 is 0 Å². The first-order chi connectivity index (χ1) is 25.3. The second-order valence-corrected chi connectivity index (χ2v) is 15.1. The number of aliphatic hydroxyl groups is 1. The Labute approximate surface area is 313 Å². The van der Waals surface area contributed by atoms with Gasteiger partial charge in [0, 0.05) is 25.4 Å². The van der Waals surface area contributed by atoms with Crippen molar-refractivity contribution in [1.82, 2.24) is 20.9 Å². The Morgan fingerprint density at radius 2 is 1.25 bits per heavy atom. The lowest BCUT2D eigenvalue weighted by Gasteiger charge is -2.32. The summed E-state index contributed by atoms with van der Waals surface area (Å²) in [6, 6.07) is 25.8. The van der Waals surface area contributed by atoms with Gasteiger partial charge in [-0.2, -0.15) is 0 Å². The van der Waals surface area contributed by atoms with E-state index in [9.17, 15) is 24.3 Å². The molecule has 11 heteroatoms. The fourth-order valence-electron chi connectivity index (χ4n) is 6.37. The van der Waals surface area contributed by atoms with Crippen molar-refractivity contribution in [2.75, 3.05) is 26.3 Å². The number of ether oxygens (including phenoxy) is 2. The maximum atomic E-state index is 14.2. The zero-order valence-corrected chi connectivity index (χ0v) is 31.6. The topological polar surface area (TPSA) is 146 Å². The van der Waals surface area contributed by atoms with E-state index in [0.717, 1.165) is 16.7 Å². The fraction of sp³-hybridized carbons (Fsp3) is 0.476. The highest BCUT2D eigenvalue weighted by Gasteiger charge is 2.35. The van der Waals surface area contributed by atoms with Crippen LogP contribution in [0.25, 0.3) is 0 Å². The van der Waals surface area contributed by atoms with Gasteiger partial charge in [0.2, 0.25) is 17.7 Å². The molecule has 286 valence electrons. The van der Waals surface area contributed by atoms with Crippen LogP contribution in [-0.2, 0) is 43.1 Å². The highest BCUT2D eigenvalue weighted by atomic mass is 16.6. The number of aliphatic hydroxyl groups excluding tert-OH is 1. The monoisotopic (exact) mass is 728 g/mol. The fourth-order valence-corrected chi connectivity index (χ4v) is 6.37. The van der Waals surface area contributed by atoms with Crippen LogP contribution in [0.2, 0.25) is 0 Å². The summed E-state index contributed by atoms with van der Waals surface area (Å²) >= 11 is 0. The molecule has 53 heavy (non-hydrogen) atoms. The SMILES string of the molecule is CC(C)[C@H](NC(=O)[C@H](Cc1ccccc1)C[C@@H](O)[C@H](Cc1ccccc1)NC(=O)OC(C)(C)C)C(=O)N[C@@H](Cc1ccccc1)C(=O)N1CCOCC1. The van der Waals surface area contributed by atoms with Gasteiger partial charge >= 0.3 is 6.09 Å². The van der Waals surface area contributed by atoms with Gasteiger partial charge in [-0.15, -0.1) is 0 Å². The number of carbonyl (C=O) groups is 4. The number of nitrogens with zero attached hydrogens (tertiary/aromatic N) is 1. The number of nitrogens with one attached hydrogen (secondary N) is 3. The third-order valence-electron chi connectivity index (χ3n) is 9.15. The Hall–Kier alpha value is -4.74. The molecule has 0 saturated carbocycles. The van der Waals surface area contributed by atoms with E-state index in [2.05, 4.69) is 16.0 Å². The summed E-state index contributed by atoms with van der Waals surface area (Å²) in [5, 5.41) is 20.5. The van der Waals surface area contributed by atoms with Crippen molar-refractivity contribution in [2.45, 2.75) is 90.1 Å². The third kappa shape index (κ3) is 13.6. The molecule has 0 radical (unpaired) electrons. The quantitative estimate of drug-likeness (QED) is 0.171. The molecule has 0 aromatic heterocycles. The second kappa shape index (κ2) is 19.9. The number of benzene rings is 3. The zero-order valence-electron chi connectivity index (χ0n) is 31.6. The van der Waals surface area contributed by atoms with E-state index in [1.54, 1.807) is 25.7 Å². The molecule has 1 saturated heterocycles. The molecular formula is C42H56N4O7. The summed E-state index contributed by atoms with van der Waals surface area (Å²) in [7, 11) is 0. The molecule has 0 aliphatic carbocycles. The summed E-state index contributed by atoms with van der Waals surface area (Å²) in [6.45, 7) is 10.7. The number of hydrogen-bond acceptors (Lipinski definition) is 7. The standard InChI is InChI=1S/C42H56N4O7/c1-29(2)37(39(49)43-35(27-32-19-13-8-14-20-32)40(50)46-21-23-52-24-22-46)45-38(48)33(25-30-15-9-6-10-16-30)28-36(47)34(26-31-17-11-7-12-18-31)44-41(51)53-42(3,4)5/h6-20,29,33-37,47H,21-28H2,1-5H3,(H,43,49)(H,44,51)(H,45,48)/t33-,34+,35+,36-,37+/m1/s1. The highest BCUT2D eigenvalue weighted by Crippen LogP contribution is 2.21. The molecule has 5 atom stereocenters. The Kier molecular flexibility index (Phi) is 15.4. The largest absolute Gasteiger partial charge is 0.444 e. The van der Waals surface area contributed by atoms with Gasteiger partial charge in [0.05, 0.1) is 25.4 Å². The van der Waals surface area contributed by atoms with Crippen molar-refractivity contribution < 1.29 is 33.8 Å². The molecule has 0 unspecified atom stereocenters. The maximum absolute atomic E-state index is 14.2. The van der Waals surface area contributed by atoms with E-state index >= 15 is 0 Å². The first kappa shape index (κ1) is 41.0. The van der Waals surface area contributed by atoms with Gasteiger partial charge in [-0.05, 0) is 62.6 Å². The van der Waals surface area contributed by atoms with Gasteiger partial charge in [0.25, 0.3) is 0 Å². The lowest BCUT2D eigenvalue weighted by molar-refractivity contribution is -0.141. The van der Waals surface area contributed by atoms with Gasteiger partial charge in [0.1, 0.15) is 17.7 Å². The minimum atomic E-state index is -1.14. The lowest BCUT2D eigenvalue weighted by Crippen LogP contribution is -2.58. The molecule has 4 amide bonds. The highest BCUT2D eigenvalue weighted by molar-refractivity contribution is 5.93. The molecule has 1 fully saturated rings. The predicted octanol–water partition coefficient (Wildman–Crippen LogP) is 4.46. The molecule has 11 nitrogen and oxygen atoms in total. The molecule has 3 aromatic rings. The molecule has 1 heterocycles. The van der Waals surface area contributed by atoms with Crippen LogP contribution in [0.1, 0.15) is 57.7 Å². The van der Waals surface area contributed by atoms with Gasteiger partial charge in [-0.3, -0.25) is 14.4 Å². The first-order valence-electron chi connectivity index (χ1n) is 18.6. The molecule has 0 spiro atoms. The molecule has 1 aliphatic heterocycles. The van der Waals surface area contributed by atoms with Crippen molar-refractivity contribution >= 4 is 23.8 Å². The number of morpholine rings is 1. The smallest absolute Gasteiger partial charge is 0.407 e. The van der Waals surface area contributed by atoms with Crippen LogP contribution in [-0.4, -0.2) is 90.0 Å². The van der Waals surface area contributed by atoms with E-state index in [0.29, 0.717) is 32.7 Å². The van der Waals surface area contributed by atoms with Gasteiger partial charge in [-0.1, -0.05) is 105 Å². The number of carbonyl (C=O) groups excluding carboxylic acids is 4. The van der Waals surface area contributed by atoms with Crippen LogP contribution in [0.3, 0.4) is 0 Å². The summed E-state index contributed by atoms with van der Waals surface area (Å²) in [6.07, 6.45) is -0.945. The maximum Gasteiger partial charge on any atom is 0.407 e. The van der Waals surface area contributed by atoms with Crippen LogP contribution in [0.4, 0.5) is 4.79 Å². The number of alkyl carbamates (subject to hydrolysis) is 1. The summed E-state index contributed by atoms with van der Waals surface area (Å²) in [5.41, 5.74) is 1.92. The lowest BCUT2D eigenvalue weighted by atomic mass is 9.88. The van der Waals surface area contributed by atoms with Crippen molar-refractivity contribution in [2.24, 2.45) is 11.8 Å². The van der Waals surface area contributed by atoms with E-state index in [4.69, 9.17) is 9.47 Å². The average Bonchev–Trinajstić information content (AvgIpc) is 3.13. The van der Waals surface area contributed by atoms with Crippen LogP contribution < -0.4 is 16.0 Å². The third-order valence-corrected chi connectivity index (χ3v) is 9.15. The Balaban J connectivity index is 1.55. The Bertz CT molecular complexity index is 1590. The Morgan fingerprint density at radius 3 is 1.75 bits per heavy atom. The van der Waals surface area contributed by atoms with E-state index in [1.165, 1.54) is 0 Å². The van der Waals surface area contributed by atoms with E-state index in [1.807, 2.05) is 105 Å². The minimum Gasteiger partial charge on any atom is -0.444 e. The second-order valence-electron chi connectivity index (χ2n) is 15.1. The van der Waals surface area contributed by atoms with Gasteiger partial charge < -0.3 is 35.4 Å². The van der Waals surface area contributed by atoms with Crippen LogP contribution in [0.15, 0.2) is 91.0 Å². The minimum absolute atomic E-state index is 0.00733. The normalized spacial score (nSPS) is 16.1. The van der Waals surface area contributed by atoms with Crippen LogP contribution in [0.5, 0.6) is 0 Å². The van der Waals surface area contributed by atoms with Crippen molar-refractivity contribution in [1.29, 1.82) is 0 Å². The average molecular weight is 729 g/mol. The molecule has 3 aromatic carbocycles. The Morgan fingerprint density at radius 1 is 0.736 bits per heavy atom. The van der Waals surface area contributed by atoms with E-state index < -0.39 is 53.7 Å². The predicted molar refractivity (Wildman–Crippen MR) is 204 cm³/mol. The summed E-state index contributed by atoms with van der Waals surface area (Å²) < 4.78 is 11.0. The van der Waals surface area contributed by atoms with Crippen molar-refractivity contribution in [3.05, 3.63) is 108 Å². The summed E-state index contributed by atoms with van der Waals surface area (Å²) in [4.78, 5) is 56.6. The molecular weight excluding hydrogens is 672 g/mol. The van der Waals surface area contributed by atoms with Gasteiger partial charge in [-0.25, -0.2) is 4.79 Å². The van der Waals surface area contributed by atoms with Gasteiger partial charge in [0.15, 0.2) is 0 Å². The number of amides is 4. The van der Waals surface area contributed by atoms with Crippen molar-refractivity contribution in [3.8, 4) is 0 Å². The van der Waals surface area contributed by atoms with Crippen LogP contribution in [0, 0.1) is 11.8 Å². The van der Waals surface area contributed by atoms with Crippen molar-refractivity contribution in [3.63, 3.8) is 0 Å². The molecule has 4 N–H and O–H groups in total. The number of hydrogen-bond donors (Lipinski definition) is 4. The molecule has 1 aliphatic rings. The first-order valence-corrected chi connectivity index (χ1v) is 18.6. The number of rotatable bonds is 16. The van der Waals surface area contributed by atoms with E-state index in [-0.39, 0.29) is 31.1 Å². The zero-order chi connectivity index (χ0) is 38.4.